The van der Waals surface area contributed by atoms with Gasteiger partial charge in [-0.05, 0) is 45.7 Å². The van der Waals surface area contributed by atoms with Gasteiger partial charge in [-0.2, -0.15) is 0 Å². The van der Waals surface area contributed by atoms with Gasteiger partial charge in [0.2, 0.25) is 0 Å². The molecule has 17 heavy (non-hydrogen) atoms. The van der Waals surface area contributed by atoms with Crippen molar-refractivity contribution < 1.29 is 4.79 Å². The van der Waals surface area contributed by atoms with Crippen LogP contribution in [0.1, 0.15) is 56.6 Å². The summed E-state index contributed by atoms with van der Waals surface area (Å²) < 4.78 is 0. The van der Waals surface area contributed by atoms with E-state index in [1.54, 1.807) is 12.3 Å². The van der Waals surface area contributed by atoms with Crippen LogP contribution in [-0.2, 0) is 6.42 Å². The Balaban J connectivity index is 2.74. The smallest absolute Gasteiger partial charge is 0.251 e. The Kier molecular flexibility index (Phi) is 4.67. The van der Waals surface area contributed by atoms with Crippen LogP contribution in [-0.4, -0.2) is 16.4 Å². The quantitative estimate of drug-likeness (QED) is 0.870. The minimum atomic E-state index is -0.204. The Morgan fingerprint density at radius 3 is 2.71 bits per heavy atom. The Morgan fingerprint density at radius 2 is 2.12 bits per heavy atom. The van der Waals surface area contributed by atoms with Gasteiger partial charge in [0.1, 0.15) is 0 Å². The molecule has 0 aliphatic carbocycles. The highest BCUT2D eigenvalue weighted by Gasteiger charge is 2.15. The van der Waals surface area contributed by atoms with Gasteiger partial charge in [-0.1, -0.05) is 13.3 Å². The summed E-state index contributed by atoms with van der Waals surface area (Å²) in [7, 11) is 0. The van der Waals surface area contributed by atoms with Crippen LogP contribution in [0, 0.1) is 0 Å². The molecule has 1 aromatic heterocycles. The first-order chi connectivity index (χ1) is 7.92. The van der Waals surface area contributed by atoms with Crippen molar-refractivity contribution in [2.75, 3.05) is 0 Å². The second-order valence-corrected chi connectivity index (χ2v) is 5.34. The summed E-state index contributed by atoms with van der Waals surface area (Å²) in [6.45, 7) is 8.08. The van der Waals surface area contributed by atoms with Crippen LogP contribution in [0.4, 0.5) is 0 Å². The Labute approximate surface area is 104 Å². The molecule has 0 radical (unpaired) electrons. The lowest BCUT2D eigenvalue weighted by atomic mass is 10.1. The second kappa shape index (κ2) is 5.80. The summed E-state index contributed by atoms with van der Waals surface area (Å²) in [5.41, 5.74) is 1.48. The molecular formula is C14H22N2O. The molecule has 0 aliphatic rings. The number of carbonyl (C=O) groups is 1. The normalized spacial score (nSPS) is 11.3. The minimum absolute atomic E-state index is 0.0300. The zero-order valence-electron chi connectivity index (χ0n) is 11.2. The number of aryl methyl sites for hydroxylation is 1. The van der Waals surface area contributed by atoms with Gasteiger partial charge in [0.05, 0.1) is 0 Å². The van der Waals surface area contributed by atoms with Gasteiger partial charge in [0.15, 0.2) is 0 Å². The lowest BCUT2D eigenvalue weighted by molar-refractivity contribution is 0.0919. The maximum atomic E-state index is 11.9. The predicted octanol–water partition coefficient (Wildman–Crippen LogP) is 2.95. The van der Waals surface area contributed by atoms with Gasteiger partial charge < -0.3 is 5.32 Å². The fraction of sp³-hybridized carbons (Fsp3) is 0.571. The Morgan fingerprint density at radius 1 is 1.41 bits per heavy atom. The molecule has 0 spiro atoms. The molecule has 94 valence electrons. The molecule has 3 nitrogen and oxygen atoms in total. The first-order valence-electron chi connectivity index (χ1n) is 6.20. The number of hydrogen-bond donors (Lipinski definition) is 1. The lowest BCUT2D eigenvalue weighted by Gasteiger charge is -2.20. The van der Waals surface area contributed by atoms with Crippen LogP contribution in [0.5, 0.6) is 0 Å². The van der Waals surface area contributed by atoms with Gasteiger partial charge in [0.25, 0.3) is 5.91 Å². The monoisotopic (exact) mass is 234 g/mol. The van der Waals surface area contributed by atoms with E-state index in [9.17, 15) is 4.79 Å². The SMILES string of the molecule is CCCCc1cc(C(=O)NC(C)(C)C)ccn1. The third kappa shape index (κ3) is 4.98. The summed E-state index contributed by atoms with van der Waals surface area (Å²) in [5.74, 6) is -0.0300. The molecule has 0 aliphatic heterocycles. The predicted molar refractivity (Wildman–Crippen MR) is 70.1 cm³/mol. The standard InChI is InChI=1S/C14H22N2O/c1-5-6-7-12-10-11(8-9-15-12)13(17)16-14(2,3)4/h8-10H,5-7H2,1-4H3,(H,16,17). The zero-order valence-corrected chi connectivity index (χ0v) is 11.2. The molecule has 1 heterocycles. The van der Waals surface area contributed by atoms with Gasteiger partial charge in [-0.3, -0.25) is 9.78 Å². The molecule has 0 bridgehead atoms. The minimum Gasteiger partial charge on any atom is -0.347 e. The molecule has 0 saturated heterocycles. The Hall–Kier alpha value is -1.38. The van der Waals surface area contributed by atoms with Crippen LogP contribution >= 0.6 is 0 Å². The number of nitrogens with zero attached hydrogens (tertiary/aromatic N) is 1. The highest BCUT2D eigenvalue weighted by atomic mass is 16.1. The zero-order chi connectivity index (χ0) is 12.9. The second-order valence-electron chi connectivity index (χ2n) is 5.34. The van der Waals surface area contributed by atoms with Gasteiger partial charge in [-0.15, -0.1) is 0 Å². The maximum Gasteiger partial charge on any atom is 0.251 e. The molecule has 0 saturated carbocycles. The van der Waals surface area contributed by atoms with Crippen molar-refractivity contribution in [1.29, 1.82) is 0 Å². The van der Waals surface area contributed by atoms with E-state index in [-0.39, 0.29) is 11.4 Å². The summed E-state index contributed by atoms with van der Waals surface area (Å²) in [6, 6.07) is 3.65. The van der Waals surface area contributed by atoms with E-state index in [2.05, 4.69) is 17.2 Å². The van der Waals surface area contributed by atoms with E-state index in [1.165, 1.54) is 0 Å². The van der Waals surface area contributed by atoms with Crippen molar-refractivity contribution in [1.82, 2.24) is 10.3 Å². The topological polar surface area (TPSA) is 42.0 Å². The van der Waals surface area contributed by atoms with Crippen molar-refractivity contribution in [2.45, 2.75) is 52.5 Å². The lowest BCUT2D eigenvalue weighted by Crippen LogP contribution is -2.40. The van der Waals surface area contributed by atoms with Gasteiger partial charge in [0, 0.05) is 23.0 Å². The molecular weight excluding hydrogens is 212 g/mol. The molecule has 1 rings (SSSR count). The maximum absolute atomic E-state index is 11.9. The average molecular weight is 234 g/mol. The van der Waals surface area contributed by atoms with E-state index in [0.29, 0.717) is 5.56 Å². The summed E-state index contributed by atoms with van der Waals surface area (Å²) >= 11 is 0. The summed E-state index contributed by atoms with van der Waals surface area (Å²) in [4.78, 5) is 16.2. The fourth-order valence-electron chi connectivity index (χ4n) is 1.53. The first kappa shape index (κ1) is 13.7. The third-order valence-electron chi connectivity index (χ3n) is 2.35. The van der Waals surface area contributed by atoms with Crippen molar-refractivity contribution >= 4 is 5.91 Å². The third-order valence-corrected chi connectivity index (χ3v) is 2.35. The highest BCUT2D eigenvalue weighted by Crippen LogP contribution is 2.08. The molecule has 1 N–H and O–H groups in total. The van der Waals surface area contributed by atoms with Crippen LogP contribution < -0.4 is 5.32 Å². The van der Waals surface area contributed by atoms with Crippen LogP contribution in [0.25, 0.3) is 0 Å². The molecule has 0 fully saturated rings. The molecule has 0 unspecified atom stereocenters. The van der Waals surface area contributed by atoms with Crippen LogP contribution in [0.2, 0.25) is 0 Å². The van der Waals surface area contributed by atoms with E-state index in [0.717, 1.165) is 25.0 Å². The van der Waals surface area contributed by atoms with Gasteiger partial charge in [-0.25, -0.2) is 0 Å². The number of aromatic nitrogens is 1. The average Bonchev–Trinajstić information content (AvgIpc) is 2.24. The summed E-state index contributed by atoms with van der Waals surface area (Å²) in [6.07, 6.45) is 4.90. The number of amides is 1. The molecule has 1 aromatic rings. The van der Waals surface area contributed by atoms with E-state index in [1.807, 2.05) is 26.8 Å². The summed E-state index contributed by atoms with van der Waals surface area (Å²) in [5, 5.41) is 2.95. The molecule has 1 amide bonds. The van der Waals surface area contributed by atoms with Gasteiger partial charge >= 0.3 is 0 Å². The number of hydrogen-bond acceptors (Lipinski definition) is 2. The van der Waals surface area contributed by atoms with Crippen molar-refractivity contribution in [2.24, 2.45) is 0 Å². The van der Waals surface area contributed by atoms with Crippen molar-refractivity contribution in [3.63, 3.8) is 0 Å². The number of carbonyl (C=O) groups excluding carboxylic acids is 1. The number of unbranched alkanes of at least 4 members (excludes halogenated alkanes) is 1. The first-order valence-corrected chi connectivity index (χ1v) is 6.20. The van der Waals surface area contributed by atoms with Crippen LogP contribution in [0.3, 0.4) is 0 Å². The fourth-order valence-corrected chi connectivity index (χ4v) is 1.53. The van der Waals surface area contributed by atoms with E-state index < -0.39 is 0 Å². The number of nitrogens with one attached hydrogen (secondary N) is 1. The van der Waals surface area contributed by atoms with Crippen molar-refractivity contribution in [3.05, 3.63) is 29.6 Å². The highest BCUT2D eigenvalue weighted by molar-refractivity contribution is 5.94. The Bertz CT molecular complexity index is 380. The van der Waals surface area contributed by atoms with Crippen molar-refractivity contribution in [3.8, 4) is 0 Å². The molecule has 0 aromatic carbocycles. The number of pyridine rings is 1. The molecule has 3 heteroatoms. The molecule has 0 atom stereocenters. The van der Waals surface area contributed by atoms with E-state index >= 15 is 0 Å². The number of rotatable bonds is 4. The van der Waals surface area contributed by atoms with Crippen LogP contribution in [0.15, 0.2) is 18.3 Å². The largest absolute Gasteiger partial charge is 0.347 e. The van der Waals surface area contributed by atoms with E-state index in [4.69, 9.17) is 0 Å².